The van der Waals surface area contributed by atoms with E-state index in [9.17, 15) is 4.79 Å². The summed E-state index contributed by atoms with van der Waals surface area (Å²) in [5, 5.41) is 1.05. The molecule has 0 aliphatic heterocycles. The first-order valence-electron chi connectivity index (χ1n) is 3.50. The first-order chi connectivity index (χ1) is 5.65. The summed E-state index contributed by atoms with van der Waals surface area (Å²) >= 11 is 1.43. The third-order valence-corrected chi connectivity index (χ3v) is 2.65. The summed E-state index contributed by atoms with van der Waals surface area (Å²) in [7, 11) is 5.26. The third-order valence-electron chi connectivity index (χ3n) is 1.42. The normalized spacial score (nSPS) is 9.58. The number of carbonyl (C=O) groups is 1. The van der Waals surface area contributed by atoms with Crippen LogP contribution in [-0.2, 0) is 4.74 Å². The number of hydrogen-bond donors (Lipinski definition) is 0. The Hall–Kier alpha value is -1.03. The second kappa shape index (κ2) is 3.58. The molecule has 0 aromatic carbocycles. The number of anilines is 1. The Kier molecular flexibility index (Phi) is 2.70. The van der Waals surface area contributed by atoms with Crippen LogP contribution in [0.15, 0.2) is 12.1 Å². The van der Waals surface area contributed by atoms with Gasteiger partial charge in [-0.3, -0.25) is 0 Å². The van der Waals surface area contributed by atoms with E-state index in [0.717, 1.165) is 5.00 Å². The van der Waals surface area contributed by atoms with E-state index in [1.165, 1.54) is 18.4 Å². The number of ether oxygens (including phenoxy) is 1. The van der Waals surface area contributed by atoms with Crippen LogP contribution in [0.3, 0.4) is 0 Å². The van der Waals surface area contributed by atoms with Crippen molar-refractivity contribution < 1.29 is 9.53 Å². The molecule has 0 aliphatic rings. The summed E-state index contributed by atoms with van der Waals surface area (Å²) in [6, 6.07) is 3.67. The van der Waals surface area contributed by atoms with Crippen LogP contribution in [0.4, 0.5) is 5.00 Å². The molecule has 0 saturated heterocycles. The van der Waals surface area contributed by atoms with E-state index in [0.29, 0.717) is 4.88 Å². The van der Waals surface area contributed by atoms with Crippen molar-refractivity contribution in [3.05, 3.63) is 17.0 Å². The van der Waals surface area contributed by atoms with Crippen molar-refractivity contribution in [2.24, 2.45) is 0 Å². The Balaban J connectivity index is 2.84. The Morgan fingerprint density at radius 1 is 1.50 bits per heavy atom. The van der Waals surface area contributed by atoms with Crippen LogP contribution in [0.5, 0.6) is 0 Å². The summed E-state index contributed by atoms with van der Waals surface area (Å²) in [6.07, 6.45) is 0. The highest BCUT2D eigenvalue weighted by Gasteiger charge is 2.09. The quantitative estimate of drug-likeness (QED) is 0.655. The van der Waals surface area contributed by atoms with E-state index in [1.54, 1.807) is 6.07 Å². The number of carbonyl (C=O) groups excluding carboxylic acids is 1. The van der Waals surface area contributed by atoms with Gasteiger partial charge in [0.05, 0.1) is 12.1 Å². The minimum absolute atomic E-state index is 0.270. The van der Waals surface area contributed by atoms with E-state index in [-0.39, 0.29) is 5.97 Å². The molecule has 3 nitrogen and oxygen atoms in total. The van der Waals surface area contributed by atoms with Crippen molar-refractivity contribution in [3.63, 3.8) is 0 Å². The van der Waals surface area contributed by atoms with Gasteiger partial charge in [-0.05, 0) is 12.1 Å². The number of methoxy groups -OCH3 is 1. The molecule has 0 radical (unpaired) electrons. The molecule has 0 saturated carbocycles. The van der Waals surface area contributed by atoms with Crippen molar-refractivity contribution in [3.8, 4) is 0 Å². The summed E-state index contributed by atoms with van der Waals surface area (Å²) in [5.41, 5.74) is 0. The molecule has 0 aliphatic carbocycles. The molecular weight excluding hydrogens is 174 g/mol. The van der Waals surface area contributed by atoms with E-state index in [2.05, 4.69) is 4.74 Å². The summed E-state index contributed by atoms with van der Waals surface area (Å²) < 4.78 is 4.58. The van der Waals surface area contributed by atoms with Gasteiger partial charge in [0.2, 0.25) is 0 Å². The molecule has 1 rings (SSSR count). The maximum absolute atomic E-state index is 11.0. The van der Waals surface area contributed by atoms with Gasteiger partial charge in [-0.2, -0.15) is 0 Å². The molecule has 12 heavy (non-hydrogen) atoms. The molecule has 1 heterocycles. The first kappa shape index (κ1) is 9.06. The number of thiophene rings is 1. The topological polar surface area (TPSA) is 29.5 Å². The molecule has 1 aromatic heterocycles. The molecular formula is C8H11NO2S. The van der Waals surface area contributed by atoms with Gasteiger partial charge in [0.1, 0.15) is 4.88 Å². The molecule has 4 heteroatoms. The fraction of sp³-hybridized carbons (Fsp3) is 0.375. The fourth-order valence-corrected chi connectivity index (χ4v) is 1.63. The second-order valence-electron chi connectivity index (χ2n) is 2.52. The van der Waals surface area contributed by atoms with Gasteiger partial charge in [0, 0.05) is 14.1 Å². The van der Waals surface area contributed by atoms with Crippen LogP contribution < -0.4 is 4.90 Å². The van der Waals surface area contributed by atoms with Crippen molar-refractivity contribution in [1.82, 2.24) is 0 Å². The molecule has 0 N–H and O–H groups in total. The van der Waals surface area contributed by atoms with Gasteiger partial charge >= 0.3 is 5.97 Å². The van der Waals surface area contributed by atoms with Crippen LogP contribution in [0.1, 0.15) is 9.67 Å². The predicted molar refractivity (Wildman–Crippen MR) is 50.0 cm³/mol. The number of rotatable bonds is 2. The SMILES string of the molecule is COC(=O)c1ccc(N(C)C)s1. The largest absolute Gasteiger partial charge is 0.465 e. The molecule has 0 amide bonds. The molecule has 0 bridgehead atoms. The van der Waals surface area contributed by atoms with Crippen molar-refractivity contribution in [2.45, 2.75) is 0 Å². The molecule has 1 aromatic rings. The predicted octanol–water partition coefficient (Wildman–Crippen LogP) is 1.60. The molecule has 0 unspecified atom stereocenters. The third kappa shape index (κ3) is 1.76. The fourth-order valence-electron chi connectivity index (χ4n) is 0.778. The number of esters is 1. The van der Waals surface area contributed by atoms with Gasteiger partial charge < -0.3 is 9.64 Å². The molecule has 0 spiro atoms. The van der Waals surface area contributed by atoms with E-state index in [1.807, 2.05) is 25.1 Å². The minimum Gasteiger partial charge on any atom is -0.465 e. The average molecular weight is 185 g/mol. The maximum Gasteiger partial charge on any atom is 0.348 e. The van der Waals surface area contributed by atoms with Crippen LogP contribution in [0, 0.1) is 0 Å². The monoisotopic (exact) mass is 185 g/mol. The van der Waals surface area contributed by atoms with Gasteiger partial charge in [-0.25, -0.2) is 4.79 Å². The maximum atomic E-state index is 11.0. The van der Waals surface area contributed by atoms with E-state index < -0.39 is 0 Å². The van der Waals surface area contributed by atoms with E-state index in [4.69, 9.17) is 0 Å². The lowest BCUT2D eigenvalue weighted by Crippen LogP contribution is -2.05. The molecule has 66 valence electrons. The smallest absolute Gasteiger partial charge is 0.348 e. The summed E-state index contributed by atoms with van der Waals surface area (Å²) in [6.45, 7) is 0. The summed E-state index contributed by atoms with van der Waals surface area (Å²) in [5.74, 6) is -0.270. The lowest BCUT2D eigenvalue weighted by Gasteiger charge is -2.06. The zero-order chi connectivity index (χ0) is 9.14. The number of hydrogen-bond acceptors (Lipinski definition) is 4. The van der Waals surface area contributed by atoms with Crippen LogP contribution >= 0.6 is 11.3 Å². The van der Waals surface area contributed by atoms with Crippen molar-refractivity contribution in [1.29, 1.82) is 0 Å². The van der Waals surface area contributed by atoms with Gasteiger partial charge in [0.25, 0.3) is 0 Å². The highest BCUT2D eigenvalue weighted by atomic mass is 32.1. The average Bonchev–Trinajstić information content (AvgIpc) is 2.51. The van der Waals surface area contributed by atoms with Crippen LogP contribution in [0.25, 0.3) is 0 Å². The van der Waals surface area contributed by atoms with Gasteiger partial charge in [-0.1, -0.05) is 0 Å². The van der Waals surface area contributed by atoms with Crippen molar-refractivity contribution >= 4 is 22.3 Å². The van der Waals surface area contributed by atoms with E-state index >= 15 is 0 Å². The highest BCUT2D eigenvalue weighted by Crippen LogP contribution is 2.24. The lowest BCUT2D eigenvalue weighted by atomic mass is 10.5. The molecule has 0 atom stereocenters. The minimum atomic E-state index is -0.270. The van der Waals surface area contributed by atoms with Gasteiger partial charge in [-0.15, -0.1) is 11.3 Å². The Labute approximate surface area is 75.6 Å². The Morgan fingerprint density at radius 3 is 2.58 bits per heavy atom. The zero-order valence-corrected chi connectivity index (χ0v) is 8.14. The lowest BCUT2D eigenvalue weighted by molar-refractivity contribution is 0.0606. The number of nitrogens with zero attached hydrogens (tertiary/aromatic N) is 1. The molecule has 0 fully saturated rings. The van der Waals surface area contributed by atoms with Crippen LogP contribution in [-0.4, -0.2) is 27.2 Å². The first-order valence-corrected chi connectivity index (χ1v) is 4.32. The van der Waals surface area contributed by atoms with Crippen LogP contribution in [0.2, 0.25) is 0 Å². The van der Waals surface area contributed by atoms with Crippen molar-refractivity contribution in [2.75, 3.05) is 26.1 Å². The second-order valence-corrected chi connectivity index (χ2v) is 3.59. The highest BCUT2D eigenvalue weighted by molar-refractivity contribution is 7.17. The Bertz CT molecular complexity index is 280. The Morgan fingerprint density at radius 2 is 2.17 bits per heavy atom. The standard InChI is InChI=1S/C8H11NO2S/c1-9(2)7-5-4-6(12-7)8(10)11-3/h4-5H,1-3H3. The summed E-state index contributed by atoms with van der Waals surface area (Å²) in [4.78, 5) is 13.6. The zero-order valence-electron chi connectivity index (χ0n) is 7.33. The van der Waals surface area contributed by atoms with Gasteiger partial charge in [0.15, 0.2) is 0 Å².